The molecular formula is C13H19ClN2O4. The maximum atomic E-state index is 11.8. The molecule has 0 heterocycles. The Morgan fingerprint density at radius 2 is 1.80 bits per heavy atom. The second-order valence-corrected chi connectivity index (χ2v) is 5.74. The minimum atomic E-state index is -0.914. The van der Waals surface area contributed by atoms with Gasteiger partial charge in [0, 0.05) is 11.5 Å². The van der Waals surface area contributed by atoms with E-state index < -0.39 is 23.3 Å². The molecule has 0 unspecified atom stereocenters. The van der Waals surface area contributed by atoms with E-state index in [4.69, 9.17) is 16.7 Å². The summed E-state index contributed by atoms with van der Waals surface area (Å²) in [5.41, 5.74) is -0.522. The minimum Gasteiger partial charge on any atom is -0.481 e. The van der Waals surface area contributed by atoms with Crippen LogP contribution in [-0.2, 0) is 9.59 Å². The lowest BCUT2D eigenvalue weighted by Crippen LogP contribution is -2.42. The lowest BCUT2D eigenvalue weighted by atomic mass is 9.79. The summed E-state index contributed by atoms with van der Waals surface area (Å²) >= 11 is 5.49. The first kappa shape index (κ1) is 16.5. The zero-order valence-electron chi connectivity index (χ0n) is 11.2. The van der Waals surface area contributed by atoms with E-state index in [0.717, 1.165) is 12.8 Å². The predicted octanol–water partition coefficient (Wildman–Crippen LogP) is 1.99. The van der Waals surface area contributed by atoms with E-state index in [1.807, 2.05) is 0 Å². The third-order valence-electron chi connectivity index (χ3n) is 3.42. The van der Waals surface area contributed by atoms with Gasteiger partial charge in [0.2, 0.25) is 5.91 Å². The largest absolute Gasteiger partial charge is 0.481 e. The molecule has 0 radical (unpaired) electrons. The molecule has 1 aliphatic rings. The second-order valence-electron chi connectivity index (χ2n) is 5.20. The van der Waals surface area contributed by atoms with Gasteiger partial charge >= 0.3 is 12.0 Å². The SMILES string of the molecule is C=C(Cl)CNC(=O)NC(=O)CC1(CC(=O)O)CCCC1. The molecule has 1 rings (SSSR count). The number of hydrogen-bond donors (Lipinski definition) is 3. The highest BCUT2D eigenvalue weighted by Gasteiger charge is 2.38. The smallest absolute Gasteiger partial charge is 0.321 e. The van der Waals surface area contributed by atoms with Crippen molar-refractivity contribution >= 4 is 29.5 Å². The van der Waals surface area contributed by atoms with Gasteiger partial charge in [-0.05, 0) is 18.3 Å². The number of hydrogen-bond acceptors (Lipinski definition) is 3. The molecule has 0 bridgehead atoms. The van der Waals surface area contributed by atoms with E-state index in [1.165, 1.54) is 0 Å². The van der Waals surface area contributed by atoms with Crippen molar-refractivity contribution in [1.29, 1.82) is 0 Å². The van der Waals surface area contributed by atoms with Crippen LogP contribution in [0.5, 0.6) is 0 Å². The van der Waals surface area contributed by atoms with Gasteiger partial charge < -0.3 is 10.4 Å². The minimum absolute atomic E-state index is 0.0411. The maximum Gasteiger partial charge on any atom is 0.321 e. The molecule has 20 heavy (non-hydrogen) atoms. The highest BCUT2D eigenvalue weighted by atomic mass is 35.5. The Balaban J connectivity index is 2.48. The standard InChI is InChI=1S/C13H19ClN2O4/c1-9(14)8-15-12(20)16-10(17)6-13(7-11(18)19)4-2-3-5-13/h1-8H2,(H,18,19)(H2,15,16,17,20). The number of halogens is 1. The van der Waals surface area contributed by atoms with Crippen LogP contribution in [0.1, 0.15) is 38.5 Å². The lowest BCUT2D eigenvalue weighted by molar-refractivity contribution is -0.140. The second kappa shape index (κ2) is 7.28. The molecule has 112 valence electrons. The van der Waals surface area contributed by atoms with E-state index in [-0.39, 0.29) is 24.4 Å². The highest BCUT2D eigenvalue weighted by Crippen LogP contribution is 2.43. The van der Waals surface area contributed by atoms with Crippen molar-refractivity contribution in [2.75, 3.05) is 6.54 Å². The van der Waals surface area contributed by atoms with Gasteiger partial charge in [-0.1, -0.05) is 31.0 Å². The van der Waals surface area contributed by atoms with Crippen LogP contribution < -0.4 is 10.6 Å². The number of carbonyl (C=O) groups excluding carboxylic acids is 2. The number of urea groups is 1. The molecule has 3 N–H and O–H groups in total. The first-order valence-electron chi connectivity index (χ1n) is 6.46. The molecule has 7 heteroatoms. The zero-order chi connectivity index (χ0) is 15.2. The van der Waals surface area contributed by atoms with Crippen molar-refractivity contribution in [3.8, 4) is 0 Å². The molecule has 3 amide bonds. The Morgan fingerprint density at radius 1 is 1.20 bits per heavy atom. The van der Waals surface area contributed by atoms with Gasteiger partial charge in [0.1, 0.15) is 0 Å². The summed E-state index contributed by atoms with van der Waals surface area (Å²) in [5.74, 6) is -1.38. The molecule has 0 spiro atoms. The zero-order valence-corrected chi connectivity index (χ0v) is 12.0. The highest BCUT2D eigenvalue weighted by molar-refractivity contribution is 6.29. The Labute approximate surface area is 122 Å². The molecule has 0 aromatic rings. The number of rotatable bonds is 6. The van der Waals surface area contributed by atoms with Crippen LogP contribution in [0.4, 0.5) is 4.79 Å². The average Bonchev–Trinajstić information content (AvgIpc) is 2.73. The van der Waals surface area contributed by atoms with Crippen molar-refractivity contribution in [3.05, 3.63) is 11.6 Å². The Hall–Kier alpha value is -1.56. The molecule has 6 nitrogen and oxygen atoms in total. The molecule has 1 fully saturated rings. The van der Waals surface area contributed by atoms with Crippen molar-refractivity contribution in [2.24, 2.45) is 5.41 Å². The van der Waals surface area contributed by atoms with Crippen molar-refractivity contribution in [3.63, 3.8) is 0 Å². The van der Waals surface area contributed by atoms with Crippen LogP contribution in [0.15, 0.2) is 11.6 Å². The van der Waals surface area contributed by atoms with Crippen molar-refractivity contribution in [2.45, 2.75) is 38.5 Å². The summed E-state index contributed by atoms with van der Waals surface area (Å²) in [6.45, 7) is 3.48. The van der Waals surface area contributed by atoms with Gasteiger partial charge in [-0.25, -0.2) is 4.79 Å². The van der Waals surface area contributed by atoms with Crippen LogP contribution in [0, 0.1) is 5.41 Å². The van der Waals surface area contributed by atoms with Crippen LogP contribution >= 0.6 is 11.6 Å². The number of imide groups is 1. The maximum absolute atomic E-state index is 11.8. The summed E-state index contributed by atoms with van der Waals surface area (Å²) in [6, 6.07) is -0.653. The van der Waals surface area contributed by atoms with Gasteiger partial charge in [0.15, 0.2) is 0 Å². The molecule has 0 aliphatic heterocycles. The molecule has 1 aliphatic carbocycles. The number of amides is 3. The first-order valence-corrected chi connectivity index (χ1v) is 6.83. The van der Waals surface area contributed by atoms with E-state index >= 15 is 0 Å². The topological polar surface area (TPSA) is 95.5 Å². The Kier molecular flexibility index (Phi) is 6.01. The fraction of sp³-hybridized carbons (Fsp3) is 0.615. The molecule has 0 aromatic heterocycles. The van der Waals surface area contributed by atoms with Gasteiger partial charge in [-0.2, -0.15) is 0 Å². The van der Waals surface area contributed by atoms with Crippen LogP contribution in [-0.4, -0.2) is 29.6 Å². The van der Waals surface area contributed by atoms with Crippen molar-refractivity contribution in [1.82, 2.24) is 10.6 Å². The fourth-order valence-corrected chi connectivity index (χ4v) is 2.66. The molecule has 0 saturated heterocycles. The monoisotopic (exact) mass is 302 g/mol. The van der Waals surface area contributed by atoms with Crippen LogP contribution in [0.3, 0.4) is 0 Å². The number of nitrogens with one attached hydrogen (secondary N) is 2. The van der Waals surface area contributed by atoms with Gasteiger partial charge in [-0.3, -0.25) is 14.9 Å². The third-order valence-corrected chi connectivity index (χ3v) is 3.55. The van der Waals surface area contributed by atoms with E-state index in [9.17, 15) is 14.4 Å². The summed E-state index contributed by atoms with van der Waals surface area (Å²) in [4.78, 5) is 34.1. The van der Waals surface area contributed by atoms with Crippen LogP contribution in [0.2, 0.25) is 0 Å². The molecular weight excluding hydrogens is 284 g/mol. The quantitative estimate of drug-likeness (QED) is 0.699. The molecule has 1 saturated carbocycles. The third kappa shape index (κ3) is 5.61. The number of carboxylic acid groups (broad SMARTS) is 1. The van der Waals surface area contributed by atoms with Crippen LogP contribution in [0.25, 0.3) is 0 Å². The van der Waals surface area contributed by atoms with Gasteiger partial charge in [-0.15, -0.1) is 0 Å². The molecule has 0 aromatic carbocycles. The normalized spacial score (nSPS) is 16.4. The number of carbonyl (C=O) groups is 3. The van der Waals surface area contributed by atoms with Gasteiger partial charge in [0.25, 0.3) is 0 Å². The first-order chi connectivity index (χ1) is 9.33. The predicted molar refractivity (Wildman–Crippen MR) is 74.3 cm³/mol. The lowest BCUT2D eigenvalue weighted by Gasteiger charge is -2.26. The number of carboxylic acids is 1. The summed E-state index contributed by atoms with van der Waals surface area (Å²) in [5, 5.41) is 13.8. The molecule has 0 atom stereocenters. The van der Waals surface area contributed by atoms with E-state index in [2.05, 4.69) is 17.2 Å². The number of aliphatic carboxylic acids is 1. The Morgan fingerprint density at radius 3 is 2.30 bits per heavy atom. The van der Waals surface area contributed by atoms with E-state index in [0.29, 0.717) is 12.8 Å². The summed E-state index contributed by atoms with van der Waals surface area (Å²) in [6.07, 6.45) is 3.24. The van der Waals surface area contributed by atoms with Gasteiger partial charge in [0.05, 0.1) is 13.0 Å². The van der Waals surface area contributed by atoms with Crippen molar-refractivity contribution < 1.29 is 19.5 Å². The average molecular weight is 303 g/mol. The summed E-state index contributed by atoms with van der Waals surface area (Å²) in [7, 11) is 0. The Bertz CT molecular complexity index is 417. The fourth-order valence-electron chi connectivity index (χ4n) is 2.59. The van der Waals surface area contributed by atoms with E-state index in [1.54, 1.807) is 0 Å². The summed E-state index contributed by atoms with van der Waals surface area (Å²) < 4.78 is 0.